The second-order valence-corrected chi connectivity index (χ2v) is 12.8. The van der Waals surface area contributed by atoms with Gasteiger partial charge >= 0.3 is 0 Å². The largest absolute Gasteiger partial charge is 0.355 e. The molecule has 0 heterocycles. The number of nitrogens with one attached hydrogen (secondary N) is 1. The predicted octanol–water partition coefficient (Wildman–Crippen LogP) is 5.87. The van der Waals surface area contributed by atoms with Crippen LogP contribution < -0.4 is 9.62 Å². The lowest BCUT2D eigenvalue weighted by Crippen LogP contribution is -2.53. The number of benzene rings is 4. The number of carbonyl (C=O) groups excluding carboxylic acids is 2. The molecular weight excluding hydrogens is 633 g/mol. The minimum atomic E-state index is -4.22. The van der Waals surface area contributed by atoms with E-state index in [0.29, 0.717) is 11.0 Å². The number of hydrogen-bond donors (Lipinski definition) is 1. The molecule has 0 unspecified atom stereocenters. The number of nitrogens with zero attached hydrogens (tertiary/aromatic N) is 2. The van der Waals surface area contributed by atoms with Crippen LogP contribution in [0.1, 0.15) is 23.6 Å². The highest BCUT2D eigenvalue weighted by molar-refractivity contribution is 9.10. The lowest BCUT2D eigenvalue weighted by Gasteiger charge is -2.34. The number of hydrogen-bond acceptors (Lipinski definition) is 4. The zero-order valence-corrected chi connectivity index (χ0v) is 26.3. The number of likely N-dealkylation sites (N-methyl/N-ethyl adjacent to an activating group) is 1. The van der Waals surface area contributed by atoms with E-state index in [1.807, 2.05) is 37.3 Å². The van der Waals surface area contributed by atoms with Gasteiger partial charge < -0.3 is 10.2 Å². The molecule has 1 N–H and O–H groups in total. The van der Waals surface area contributed by atoms with Crippen LogP contribution in [0.5, 0.6) is 0 Å². The first-order valence-corrected chi connectivity index (χ1v) is 16.0. The molecule has 4 rings (SSSR count). The van der Waals surface area contributed by atoms with E-state index < -0.39 is 40.2 Å². The first kappa shape index (κ1) is 31.9. The van der Waals surface area contributed by atoms with E-state index in [4.69, 9.17) is 0 Å². The van der Waals surface area contributed by atoms with E-state index in [-0.39, 0.29) is 29.1 Å². The molecule has 0 saturated heterocycles. The Morgan fingerprint density at radius 2 is 1.58 bits per heavy atom. The standard InChI is InChI=1S/C33H33BrFN3O4S/c1-3-36-33(40)31(20-25-10-5-4-6-11-25)37(22-26-12-7-8-15-30(26)35)32(39)23-38(28-14-9-13-27(34)21-28)43(41,42)29-18-16-24(2)17-19-29/h4-19,21,31H,3,20,22-23H2,1-2H3,(H,36,40)/t31-/m1/s1. The van der Waals surface area contributed by atoms with Crippen LogP contribution in [0.15, 0.2) is 112 Å². The molecule has 0 saturated carbocycles. The molecule has 224 valence electrons. The summed E-state index contributed by atoms with van der Waals surface area (Å²) >= 11 is 3.40. The Balaban J connectivity index is 1.80. The predicted molar refractivity (Wildman–Crippen MR) is 169 cm³/mol. The summed E-state index contributed by atoms with van der Waals surface area (Å²) in [6, 6.07) is 27.1. The van der Waals surface area contributed by atoms with E-state index >= 15 is 0 Å². The summed E-state index contributed by atoms with van der Waals surface area (Å²) in [5, 5.41) is 2.79. The molecule has 0 aromatic heterocycles. The normalized spacial score (nSPS) is 11.9. The molecule has 0 fully saturated rings. The van der Waals surface area contributed by atoms with E-state index in [0.717, 1.165) is 15.4 Å². The molecule has 43 heavy (non-hydrogen) atoms. The third-order valence-electron chi connectivity index (χ3n) is 6.90. The Bertz CT molecular complexity index is 1670. The number of aryl methyl sites for hydroxylation is 1. The van der Waals surface area contributed by atoms with E-state index in [1.54, 1.807) is 61.5 Å². The minimum Gasteiger partial charge on any atom is -0.355 e. The van der Waals surface area contributed by atoms with Crippen molar-refractivity contribution in [2.24, 2.45) is 0 Å². The molecule has 4 aromatic carbocycles. The van der Waals surface area contributed by atoms with Crippen LogP contribution in [-0.2, 0) is 32.6 Å². The topological polar surface area (TPSA) is 86.8 Å². The van der Waals surface area contributed by atoms with Crippen molar-refractivity contribution in [2.75, 3.05) is 17.4 Å². The number of anilines is 1. The number of sulfonamides is 1. The molecule has 2 amide bonds. The van der Waals surface area contributed by atoms with Gasteiger partial charge in [0.05, 0.1) is 10.6 Å². The Morgan fingerprint density at radius 3 is 2.23 bits per heavy atom. The van der Waals surface area contributed by atoms with Gasteiger partial charge in [0.2, 0.25) is 11.8 Å². The number of rotatable bonds is 12. The van der Waals surface area contributed by atoms with Crippen LogP contribution in [-0.4, -0.2) is 44.3 Å². The molecule has 0 aliphatic rings. The Hall–Kier alpha value is -4.02. The first-order chi connectivity index (χ1) is 20.6. The van der Waals surface area contributed by atoms with Crippen LogP contribution in [0.2, 0.25) is 0 Å². The molecule has 0 aliphatic carbocycles. The Morgan fingerprint density at radius 1 is 0.907 bits per heavy atom. The molecule has 0 spiro atoms. The third-order valence-corrected chi connectivity index (χ3v) is 9.19. The van der Waals surface area contributed by atoms with Crippen molar-refractivity contribution in [1.82, 2.24) is 10.2 Å². The number of amides is 2. The van der Waals surface area contributed by atoms with E-state index in [1.165, 1.54) is 23.1 Å². The van der Waals surface area contributed by atoms with Crippen molar-refractivity contribution in [2.45, 2.75) is 37.8 Å². The summed E-state index contributed by atoms with van der Waals surface area (Å²) in [4.78, 5) is 29.1. The zero-order chi connectivity index (χ0) is 31.0. The van der Waals surface area contributed by atoms with Gasteiger partial charge in [0, 0.05) is 29.5 Å². The average molecular weight is 667 g/mol. The maximum absolute atomic E-state index is 14.9. The van der Waals surface area contributed by atoms with Gasteiger partial charge in [-0.25, -0.2) is 12.8 Å². The van der Waals surface area contributed by atoms with Crippen molar-refractivity contribution in [3.8, 4) is 0 Å². The van der Waals surface area contributed by atoms with Gasteiger partial charge in [-0.3, -0.25) is 13.9 Å². The summed E-state index contributed by atoms with van der Waals surface area (Å²) < 4.78 is 44.6. The molecule has 10 heteroatoms. The minimum absolute atomic E-state index is 0.0103. The Kier molecular flexibility index (Phi) is 10.7. The summed E-state index contributed by atoms with van der Waals surface area (Å²) in [5.74, 6) is -1.62. The van der Waals surface area contributed by atoms with Crippen LogP contribution in [0.3, 0.4) is 0 Å². The summed E-state index contributed by atoms with van der Waals surface area (Å²) in [7, 11) is -4.22. The summed E-state index contributed by atoms with van der Waals surface area (Å²) in [5.41, 5.74) is 2.13. The maximum atomic E-state index is 14.9. The summed E-state index contributed by atoms with van der Waals surface area (Å²) in [6.07, 6.45) is 0.147. The Labute approximate surface area is 260 Å². The second-order valence-electron chi connectivity index (χ2n) is 10.0. The van der Waals surface area contributed by atoms with Crippen molar-refractivity contribution in [1.29, 1.82) is 0 Å². The smallest absolute Gasteiger partial charge is 0.264 e. The van der Waals surface area contributed by atoms with Gasteiger partial charge in [-0.15, -0.1) is 0 Å². The lowest BCUT2D eigenvalue weighted by molar-refractivity contribution is -0.140. The first-order valence-electron chi connectivity index (χ1n) is 13.8. The fraction of sp³-hybridized carbons (Fsp3) is 0.212. The summed E-state index contributed by atoms with van der Waals surface area (Å²) in [6.45, 7) is 3.07. The number of halogens is 2. The fourth-order valence-electron chi connectivity index (χ4n) is 4.65. The highest BCUT2D eigenvalue weighted by Gasteiger charge is 2.35. The monoisotopic (exact) mass is 665 g/mol. The zero-order valence-electron chi connectivity index (χ0n) is 23.9. The van der Waals surface area contributed by atoms with E-state index in [2.05, 4.69) is 21.2 Å². The molecule has 4 aromatic rings. The molecule has 0 bridgehead atoms. The number of carbonyl (C=O) groups is 2. The van der Waals surface area contributed by atoms with Crippen LogP contribution in [0, 0.1) is 12.7 Å². The van der Waals surface area contributed by atoms with Crippen molar-refractivity contribution in [3.63, 3.8) is 0 Å². The van der Waals surface area contributed by atoms with Gasteiger partial charge in [-0.05, 0) is 55.8 Å². The molecule has 7 nitrogen and oxygen atoms in total. The van der Waals surface area contributed by atoms with Crippen LogP contribution >= 0.6 is 15.9 Å². The molecular formula is C33H33BrFN3O4S. The second kappa shape index (κ2) is 14.4. The maximum Gasteiger partial charge on any atom is 0.264 e. The SMILES string of the molecule is CCNC(=O)[C@@H](Cc1ccccc1)N(Cc1ccccc1F)C(=O)CN(c1cccc(Br)c1)S(=O)(=O)c1ccc(C)cc1. The van der Waals surface area contributed by atoms with Gasteiger partial charge in [-0.2, -0.15) is 0 Å². The van der Waals surface area contributed by atoms with Gasteiger partial charge in [-0.1, -0.05) is 88.2 Å². The fourth-order valence-corrected chi connectivity index (χ4v) is 6.45. The van der Waals surface area contributed by atoms with Crippen molar-refractivity contribution >= 4 is 43.5 Å². The third kappa shape index (κ3) is 8.09. The van der Waals surface area contributed by atoms with Gasteiger partial charge in [0.15, 0.2) is 0 Å². The highest BCUT2D eigenvalue weighted by atomic mass is 79.9. The molecule has 0 radical (unpaired) electrons. The van der Waals surface area contributed by atoms with Crippen LogP contribution in [0.4, 0.5) is 10.1 Å². The van der Waals surface area contributed by atoms with Crippen LogP contribution in [0.25, 0.3) is 0 Å². The quantitative estimate of drug-likeness (QED) is 0.205. The van der Waals surface area contributed by atoms with Gasteiger partial charge in [0.1, 0.15) is 18.4 Å². The highest BCUT2D eigenvalue weighted by Crippen LogP contribution is 2.27. The van der Waals surface area contributed by atoms with Crippen molar-refractivity contribution in [3.05, 3.63) is 130 Å². The lowest BCUT2D eigenvalue weighted by atomic mass is 10.0. The molecule has 0 aliphatic heterocycles. The van der Waals surface area contributed by atoms with E-state index in [9.17, 15) is 22.4 Å². The molecule has 1 atom stereocenters. The van der Waals surface area contributed by atoms with Gasteiger partial charge in [0.25, 0.3) is 10.0 Å². The van der Waals surface area contributed by atoms with Crippen molar-refractivity contribution < 1.29 is 22.4 Å². The average Bonchev–Trinajstić information content (AvgIpc) is 2.99.